The molecule has 0 aromatic heterocycles. The Morgan fingerprint density at radius 2 is 1.86 bits per heavy atom. The van der Waals surface area contributed by atoms with Gasteiger partial charge in [-0.1, -0.05) is 17.7 Å². The van der Waals surface area contributed by atoms with Crippen LogP contribution in [0.4, 0.5) is 10.1 Å². The molecule has 7 nitrogen and oxygen atoms in total. The molecule has 29 heavy (non-hydrogen) atoms. The number of benzene rings is 2. The van der Waals surface area contributed by atoms with E-state index in [1.165, 1.54) is 36.4 Å². The van der Waals surface area contributed by atoms with E-state index in [0.29, 0.717) is 0 Å². The van der Waals surface area contributed by atoms with Crippen molar-refractivity contribution < 1.29 is 28.3 Å². The Kier molecular flexibility index (Phi) is 5.74. The van der Waals surface area contributed by atoms with Gasteiger partial charge in [0.2, 0.25) is 0 Å². The second kappa shape index (κ2) is 8.24. The summed E-state index contributed by atoms with van der Waals surface area (Å²) in [5.74, 6) is -3.37. The normalized spacial score (nSPS) is 12.6. The fourth-order valence-corrected chi connectivity index (χ4v) is 2.88. The Balaban J connectivity index is 1.66. The van der Waals surface area contributed by atoms with Crippen molar-refractivity contribution in [3.63, 3.8) is 0 Å². The van der Waals surface area contributed by atoms with Crippen molar-refractivity contribution in [2.45, 2.75) is 0 Å². The number of anilines is 1. The highest BCUT2D eigenvalue weighted by atomic mass is 35.5. The lowest BCUT2D eigenvalue weighted by atomic mass is 10.1. The molecular weight excluding hydrogens is 403 g/mol. The number of esters is 1. The maximum Gasteiger partial charge on any atom is 0.338 e. The number of nitrogens with zero attached hydrogens (tertiary/aromatic N) is 1. The van der Waals surface area contributed by atoms with Crippen LogP contribution >= 0.6 is 11.6 Å². The maximum atomic E-state index is 13.6. The fraction of sp³-hybridized carbons (Fsp3) is 0.100. The molecule has 0 spiro atoms. The molecule has 0 saturated heterocycles. The summed E-state index contributed by atoms with van der Waals surface area (Å²) in [4.78, 5) is 49.6. The predicted octanol–water partition coefficient (Wildman–Crippen LogP) is 3.06. The molecule has 148 valence electrons. The first-order chi connectivity index (χ1) is 13.8. The summed E-state index contributed by atoms with van der Waals surface area (Å²) >= 11 is 5.74. The minimum atomic E-state index is -0.878. The molecular formula is C20H14ClFN2O5. The SMILES string of the molecule is C=CCN1C(=O)c2ccc(C(=O)OCC(=O)Nc3cc(Cl)ccc3F)cc2C1=O. The topological polar surface area (TPSA) is 92.8 Å². The van der Waals surface area contributed by atoms with Crippen molar-refractivity contribution in [3.8, 4) is 0 Å². The van der Waals surface area contributed by atoms with Crippen LogP contribution in [0.25, 0.3) is 0 Å². The lowest BCUT2D eigenvalue weighted by molar-refractivity contribution is -0.119. The van der Waals surface area contributed by atoms with Gasteiger partial charge in [-0.2, -0.15) is 0 Å². The molecule has 0 radical (unpaired) electrons. The predicted molar refractivity (Wildman–Crippen MR) is 102 cm³/mol. The van der Waals surface area contributed by atoms with Crippen molar-refractivity contribution in [1.29, 1.82) is 0 Å². The molecule has 1 heterocycles. The molecule has 0 aliphatic carbocycles. The smallest absolute Gasteiger partial charge is 0.338 e. The molecule has 0 bridgehead atoms. The van der Waals surface area contributed by atoms with Gasteiger partial charge in [-0.15, -0.1) is 6.58 Å². The van der Waals surface area contributed by atoms with Crippen LogP contribution < -0.4 is 5.32 Å². The van der Waals surface area contributed by atoms with Gasteiger partial charge in [0.15, 0.2) is 6.61 Å². The minimum absolute atomic E-state index is 0.00732. The van der Waals surface area contributed by atoms with Crippen molar-refractivity contribution in [2.24, 2.45) is 0 Å². The van der Waals surface area contributed by atoms with Crippen molar-refractivity contribution >= 4 is 41.0 Å². The van der Waals surface area contributed by atoms with Crippen LogP contribution in [0, 0.1) is 5.82 Å². The van der Waals surface area contributed by atoms with Crippen molar-refractivity contribution in [3.05, 3.63) is 76.6 Å². The number of amides is 3. The lowest BCUT2D eigenvalue weighted by Crippen LogP contribution is -2.29. The number of halogens is 2. The standard InChI is InChI=1S/C20H14ClFN2O5/c1-2-7-24-18(26)13-5-3-11(8-14(13)19(24)27)20(28)29-10-17(25)23-16-9-12(21)4-6-15(16)22/h2-6,8-9H,1,7,10H2,(H,23,25). The molecule has 3 amide bonds. The number of nitrogens with one attached hydrogen (secondary N) is 1. The Labute approximate surface area is 169 Å². The molecule has 9 heteroatoms. The quantitative estimate of drug-likeness (QED) is 0.444. The summed E-state index contributed by atoms with van der Waals surface area (Å²) in [7, 11) is 0. The van der Waals surface area contributed by atoms with E-state index < -0.39 is 36.1 Å². The van der Waals surface area contributed by atoms with Crippen LogP contribution in [0.15, 0.2) is 49.1 Å². The molecule has 1 aliphatic heterocycles. The molecule has 3 rings (SSSR count). The highest BCUT2D eigenvalue weighted by molar-refractivity contribution is 6.31. The Hall–Kier alpha value is -3.52. The molecule has 2 aromatic carbocycles. The molecule has 1 aliphatic rings. The first kappa shape index (κ1) is 20.2. The zero-order valence-corrected chi connectivity index (χ0v) is 15.7. The number of carbonyl (C=O) groups is 4. The van der Waals surface area contributed by atoms with Gasteiger partial charge in [0.25, 0.3) is 17.7 Å². The van der Waals surface area contributed by atoms with Gasteiger partial charge in [0.1, 0.15) is 5.82 Å². The second-order valence-electron chi connectivity index (χ2n) is 6.02. The van der Waals surface area contributed by atoms with Crippen LogP contribution in [0.2, 0.25) is 5.02 Å². The number of fused-ring (bicyclic) bond motifs is 1. The van der Waals surface area contributed by atoms with E-state index in [1.54, 1.807) is 0 Å². The van der Waals surface area contributed by atoms with E-state index in [2.05, 4.69) is 11.9 Å². The maximum absolute atomic E-state index is 13.6. The van der Waals surface area contributed by atoms with Crippen LogP contribution in [0.3, 0.4) is 0 Å². The van der Waals surface area contributed by atoms with Crippen LogP contribution in [-0.4, -0.2) is 41.7 Å². The van der Waals surface area contributed by atoms with E-state index in [4.69, 9.17) is 16.3 Å². The first-order valence-electron chi connectivity index (χ1n) is 8.35. The lowest BCUT2D eigenvalue weighted by Gasteiger charge is -2.09. The summed E-state index contributed by atoms with van der Waals surface area (Å²) in [5.41, 5.74) is 0.0777. The fourth-order valence-electron chi connectivity index (χ4n) is 2.71. The van der Waals surface area contributed by atoms with Gasteiger partial charge in [-0.25, -0.2) is 9.18 Å². The third-order valence-electron chi connectivity index (χ3n) is 4.05. The number of hydrogen-bond donors (Lipinski definition) is 1. The molecule has 0 unspecified atom stereocenters. The monoisotopic (exact) mass is 416 g/mol. The molecule has 1 N–H and O–H groups in total. The average molecular weight is 417 g/mol. The zero-order valence-electron chi connectivity index (χ0n) is 14.9. The molecule has 0 atom stereocenters. The third-order valence-corrected chi connectivity index (χ3v) is 4.29. The van der Waals surface area contributed by atoms with Gasteiger partial charge in [-0.3, -0.25) is 19.3 Å². The van der Waals surface area contributed by atoms with Gasteiger partial charge in [0, 0.05) is 11.6 Å². The van der Waals surface area contributed by atoms with E-state index in [1.807, 2.05) is 0 Å². The third kappa shape index (κ3) is 4.17. The summed E-state index contributed by atoms with van der Waals surface area (Å²) in [6, 6.07) is 7.52. The number of ether oxygens (including phenoxy) is 1. The van der Waals surface area contributed by atoms with Crippen molar-refractivity contribution in [1.82, 2.24) is 4.90 Å². The van der Waals surface area contributed by atoms with Crippen molar-refractivity contribution in [2.75, 3.05) is 18.5 Å². The summed E-state index contributed by atoms with van der Waals surface area (Å²) < 4.78 is 18.5. The minimum Gasteiger partial charge on any atom is -0.452 e. The highest BCUT2D eigenvalue weighted by Gasteiger charge is 2.35. The Morgan fingerprint density at radius 1 is 1.14 bits per heavy atom. The van der Waals surface area contributed by atoms with Crippen LogP contribution in [0.5, 0.6) is 0 Å². The summed E-state index contributed by atoms with van der Waals surface area (Å²) in [6.07, 6.45) is 1.41. The van der Waals surface area contributed by atoms with Gasteiger partial charge >= 0.3 is 5.97 Å². The molecule has 2 aromatic rings. The molecule has 0 saturated carbocycles. The van der Waals surface area contributed by atoms with Gasteiger partial charge in [-0.05, 0) is 36.4 Å². The average Bonchev–Trinajstić information content (AvgIpc) is 2.93. The number of imide groups is 1. The summed E-state index contributed by atoms with van der Waals surface area (Å²) in [5, 5.41) is 2.47. The number of rotatable bonds is 6. The first-order valence-corrected chi connectivity index (χ1v) is 8.72. The number of hydrogen-bond acceptors (Lipinski definition) is 5. The zero-order chi connectivity index (χ0) is 21.1. The Bertz CT molecular complexity index is 1050. The largest absolute Gasteiger partial charge is 0.452 e. The number of carbonyl (C=O) groups excluding carboxylic acids is 4. The van der Waals surface area contributed by atoms with Crippen LogP contribution in [0.1, 0.15) is 31.1 Å². The van der Waals surface area contributed by atoms with Gasteiger partial charge in [0.05, 0.1) is 22.4 Å². The summed E-state index contributed by atoms with van der Waals surface area (Å²) in [6.45, 7) is 2.86. The second-order valence-corrected chi connectivity index (χ2v) is 6.45. The van der Waals surface area contributed by atoms with E-state index in [0.717, 1.165) is 11.0 Å². The molecule has 0 fully saturated rings. The highest BCUT2D eigenvalue weighted by Crippen LogP contribution is 2.24. The van der Waals surface area contributed by atoms with E-state index in [-0.39, 0.29) is 33.9 Å². The Morgan fingerprint density at radius 3 is 2.59 bits per heavy atom. The van der Waals surface area contributed by atoms with Crippen LogP contribution in [-0.2, 0) is 9.53 Å². The van der Waals surface area contributed by atoms with E-state index in [9.17, 15) is 23.6 Å². The van der Waals surface area contributed by atoms with Gasteiger partial charge < -0.3 is 10.1 Å². The van der Waals surface area contributed by atoms with E-state index >= 15 is 0 Å².